The molecule has 0 radical (unpaired) electrons. The van der Waals surface area contributed by atoms with Crippen LogP contribution >= 0.6 is 27.3 Å². The Labute approximate surface area is 190 Å². The second kappa shape index (κ2) is 10.4. The summed E-state index contributed by atoms with van der Waals surface area (Å²) in [5, 5.41) is 2.84. The number of amides is 2. The first-order valence-electron chi connectivity index (χ1n) is 10.1. The van der Waals surface area contributed by atoms with Crippen LogP contribution in [0.2, 0.25) is 0 Å². The zero-order valence-electron chi connectivity index (χ0n) is 17.6. The van der Waals surface area contributed by atoms with E-state index in [9.17, 15) is 9.59 Å². The highest BCUT2D eigenvalue weighted by Gasteiger charge is 2.27. The van der Waals surface area contributed by atoms with Crippen LogP contribution in [0.3, 0.4) is 0 Å². The molecule has 1 aliphatic rings. The van der Waals surface area contributed by atoms with Gasteiger partial charge in [0, 0.05) is 39.5 Å². The lowest BCUT2D eigenvalue weighted by Crippen LogP contribution is -2.48. The molecule has 2 unspecified atom stereocenters. The molecule has 0 bridgehead atoms. The Morgan fingerprint density at radius 2 is 1.97 bits per heavy atom. The smallest absolute Gasteiger partial charge is 0.262 e. The molecule has 1 saturated heterocycles. The number of halogens is 1. The molecule has 2 amide bonds. The van der Waals surface area contributed by atoms with Crippen LogP contribution in [-0.4, -0.2) is 56.1 Å². The van der Waals surface area contributed by atoms with Gasteiger partial charge < -0.3 is 19.9 Å². The average Bonchev–Trinajstić information content (AvgIpc) is 3.39. The first kappa shape index (κ1) is 22.8. The summed E-state index contributed by atoms with van der Waals surface area (Å²) >= 11 is 4.71. The van der Waals surface area contributed by atoms with Crippen molar-refractivity contribution >= 4 is 44.8 Å². The van der Waals surface area contributed by atoms with Gasteiger partial charge in [0.2, 0.25) is 5.91 Å². The van der Waals surface area contributed by atoms with E-state index >= 15 is 0 Å². The Balaban J connectivity index is 1.69. The minimum Gasteiger partial charge on any atom is -0.378 e. The lowest BCUT2D eigenvalue weighted by atomic mass is 10.1. The number of thiophene rings is 1. The lowest BCUT2D eigenvalue weighted by Gasteiger charge is -2.28. The van der Waals surface area contributed by atoms with Crippen LogP contribution in [-0.2, 0) is 16.1 Å². The maximum absolute atomic E-state index is 13.2. The van der Waals surface area contributed by atoms with Crippen LogP contribution in [0.15, 0.2) is 40.2 Å². The minimum absolute atomic E-state index is 0.0474. The highest BCUT2D eigenvalue weighted by atomic mass is 79.9. The van der Waals surface area contributed by atoms with E-state index in [1.54, 1.807) is 17.9 Å². The van der Waals surface area contributed by atoms with Crippen molar-refractivity contribution in [2.45, 2.75) is 38.5 Å². The quantitative estimate of drug-likeness (QED) is 0.605. The van der Waals surface area contributed by atoms with Gasteiger partial charge in [0.15, 0.2) is 0 Å². The molecule has 162 valence electrons. The van der Waals surface area contributed by atoms with Crippen LogP contribution in [0.1, 0.15) is 35.0 Å². The molecule has 1 N–H and O–H groups in total. The van der Waals surface area contributed by atoms with Crippen molar-refractivity contribution in [3.63, 3.8) is 0 Å². The molecule has 6 nitrogen and oxygen atoms in total. The second-order valence-electron chi connectivity index (χ2n) is 7.71. The van der Waals surface area contributed by atoms with Crippen molar-refractivity contribution in [1.82, 2.24) is 10.2 Å². The van der Waals surface area contributed by atoms with Crippen LogP contribution in [0.5, 0.6) is 0 Å². The van der Waals surface area contributed by atoms with Gasteiger partial charge in [-0.2, -0.15) is 0 Å². The molecule has 2 aromatic rings. The molecule has 0 saturated carbocycles. The largest absolute Gasteiger partial charge is 0.378 e. The Hall–Kier alpha value is -1.90. The third-order valence-electron chi connectivity index (χ3n) is 5.10. The van der Waals surface area contributed by atoms with Crippen molar-refractivity contribution in [1.29, 1.82) is 0 Å². The number of nitrogens with zero attached hydrogens (tertiary/aromatic N) is 2. The maximum atomic E-state index is 13.2. The van der Waals surface area contributed by atoms with Gasteiger partial charge in [0.25, 0.3) is 5.91 Å². The van der Waals surface area contributed by atoms with Crippen molar-refractivity contribution in [3.05, 3.63) is 50.6 Å². The summed E-state index contributed by atoms with van der Waals surface area (Å²) in [5.74, 6) is -0.342. The summed E-state index contributed by atoms with van der Waals surface area (Å²) in [6, 6.07) is 11.1. The van der Waals surface area contributed by atoms with E-state index in [1.165, 1.54) is 11.3 Å². The number of carbonyl (C=O) groups is 2. The number of rotatable bonds is 8. The molecule has 0 aliphatic carbocycles. The Morgan fingerprint density at radius 1 is 1.23 bits per heavy atom. The SMILES string of the molecule is CC(NC(=O)c1ccc(Br)s1)C(=O)N(Cc1ccc(N(C)C)cc1)CC1CCCO1. The van der Waals surface area contributed by atoms with Crippen molar-refractivity contribution < 1.29 is 14.3 Å². The molecule has 2 atom stereocenters. The van der Waals surface area contributed by atoms with Gasteiger partial charge >= 0.3 is 0 Å². The molecule has 1 aliphatic heterocycles. The second-order valence-corrected chi connectivity index (χ2v) is 10.2. The molecule has 1 aromatic carbocycles. The number of anilines is 1. The summed E-state index contributed by atoms with van der Waals surface area (Å²) in [5.41, 5.74) is 2.16. The van der Waals surface area contributed by atoms with E-state index in [0.29, 0.717) is 18.0 Å². The summed E-state index contributed by atoms with van der Waals surface area (Å²) in [7, 11) is 4.00. The van der Waals surface area contributed by atoms with Crippen molar-refractivity contribution in [2.75, 3.05) is 32.1 Å². The van der Waals surface area contributed by atoms with Gasteiger partial charge in [0.1, 0.15) is 6.04 Å². The maximum Gasteiger partial charge on any atom is 0.262 e. The molecule has 8 heteroatoms. The Bertz CT molecular complexity index is 863. The first-order chi connectivity index (χ1) is 14.3. The standard InChI is InChI=1S/C22H28BrN3O3S/c1-15(24-21(27)19-10-11-20(23)30-19)22(28)26(14-18-5-4-12-29-18)13-16-6-8-17(9-7-16)25(2)3/h6-11,15,18H,4-5,12-14H2,1-3H3,(H,24,27). The number of carbonyl (C=O) groups excluding carboxylic acids is 2. The van der Waals surface area contributed by atoms with Crippen molar-refractivity contribution in [3.8, 4) is 0 Å². The number of hydrogen-bond donors (Lipinski definition) is 1. The van der Waals surface area contributed by atoms with Crippen LogP contribution in [0.4, 0.5) is 5.69 Å². The monoisotopic (exact) mass is 493 g/mol. The zero-order valence-corrected chi connectivity index (χ0v) is 20.0. The summed E-state index contributed by atoms with van der Waals surface area (Å²) in [6.45, 7) is 3.49. The highest BCUT2D eigenvalue weighted by molar-refractivity contribution is 9.11. The molecule has 3 rings (SSSR count). The highest BCUT2D eigenvalue weighted by Crippen LogP contribution is 2.22. The number of hydrogen-bond acceptors (Lipinski definition) is 5. The predicted molar refractivity (Wildman–Crippen MR) is 124 cm³/mol. The predicted octanol–water partition coefficient (Wildman–Crippen LogP) is 3.90. The minimum atomic E-state index is -0.624. The third kappa shape index (κ3) is 6.06. The topological polar surface area (TPSA) is 61.9 Å². The summed E-state index contributed by atoms with van der Waals surface area (Å²) < 4.78 is 6.65. The number of nitrogens with one attached hydrogen (secondary N) is 1. The molecule has 1 aromatic heterocycles. The van der Waals surface area contributed by atoms with Gasteiger partial charge in [-0.15, -0.1) is 11.3 Å². The molecule has 1 fully saturated rings. The fourth-order valence-electron chi connectivity index (χ4n) is 3.43. The van der Waals surface area contributed by atoms with Gasteiger partial charge in [0.05, 0.1) is 14.8 Å². The van der Waals surface area contributed by atoms with Crippen molar-refractivity contribution in [2.24, 2.45) is 0 Å². The van der Waals surface area contributed by atoms with Crippen LogP contribution in [0, 0.1) is 0 Å². The van der Waals surface area contributed by atoms with Gasteiger partial charge in [-0.1, -0.05) is 12.1 Å². The molecular formula is C22H28BrN3O3S. The summed E-state index contributed by atoms with van der Waals surface area (Å²) in [4.78, 5) is 30.1. The number of ether oxygens (including phenoxy) is 1. The van der Waals surface area contributed by atoms with E-state index in [4.69, 9.17) is 4.74 Å². The lowest BCUT2D eigenvalue weighted by molar-refractivity contribution is -0.135. The molecule has 30 heavy (non-hydrogen) atoms. The Morgan fingerprint density at radius 3 is 2.53 bits per heavy atom. The third-order valence-corrected chi connectivity index (χ3v) is 6.72. The average molecular weight is 494 g/mol. The normalized spacial score (nSPS) is 16.9. The van der Waals surface area contributed by atoms with E-state index in [1.807, 2.05) is 49.3 Å². The van der Waals surface area contributed by atoms with Gasteiger partial charge in [-0.3, -0.25) is 9.59 Å². The van der Waals surface area contributed by atoms with Gasteiger partial charge in [-0.05, 0) is 65.5 Å². The van der Waals surface area contributed by atoms with E-state index in [2.05, 4.69) is 21.2 Å². The molecule has 2 heterocycles. The van der Waals surface area contributed by atoms with E-state index in [-0.39, 0.29) is 17.9 Å². The molecular weight excluding hydrogens is 466 g/mol. The fourth-order valence-corrected chi connectivity index (χ4v) is 4.72. The zero-order chi connectivity index (χ0) is 21.7. The summed E-state index contributed by atoms with van der Waals surface area (Å²) in [6.07, 6.45) is 2.02. The van der Waals surface area contributed by atoms with Crippen LogP contribution in [0.25, 0.3) is 0 Å². The van der Waals surface area contributed by atoms with E-state index < -0.39 is 6.04 Å². The number of benzene rings is 1. The Kier molecular flexibility index (Phi) is 7.91. The molecule has 0 spiro atoms. The van der Waals surface area contributed by atoms with Gasteiger partial charge in [-0.25, -0.2) is 0 Å². The van der Waals surface area contributed by atoms with E-state index in [0.717, 1.165) is 34.5 Å². The first-order valence-corrected chi connectivity index (χ1v) is 11.7. The fraction of sp³-hybridized carbons (Fsp3) is 0.455. The van der Waals surface area contributed by atoms with Crippen LogP contribution < -0.4 is 10.2 Å².